The number of hydrogen-bond donors (Lipinski definition) is 1. The highest BCUT2D eigenvalue weighted by Gasteiger charge is 2.12. The molecule has 2 aromatic carbocycles. The van der Waals surface area contributed by atoms with Gasteiger partial charge in [0.2, 0.25) is 0 Å². The fraction of sp³-hybridized carbons (Fsp3) is 0.0526. The van der Waals surface area contributed by atoms with Crippen LogP contribution in [0, 0.1) is 5.82 Å². The van der Waals surface area contributed by atoms with Gasteiger partial charge in [-0.1, -0.05) is 23.4 Å². The summed E-state index contributed by atoms with van der Waals surface area (Å²) in [5, 5.41) is 10.9. The minimum absolute atomic E-state index is 0.159. The summed E-state index contributed by atoms with van der Waals surface area (Å²) in [6.45, 7) is 0. The van der Waals surface area contributed by atoms with E-state index < -0.39 is 5.63 Å². The second-order valence-electron chi connectivity index (χ2n) is 5.68. The molecular formula is C19H11ClFNO4S. The van der Waals surface area contributed by atoms with Crippen LogP contribution in [0.4, 0.5) is 4.39 Å². The van der Waals surface area contributed by atoms with Crippen LogP contribution in [0.5, 0.6) is 5.75 Å². The van der Waals surface area contributed by atoms with Crippen molar-refractivity contribution in [2.75, 3.05) is 0 Å². The van der Waals surface area contributed by atoms with Crippen LogP contribution in [0.25, 0.3) is 22.3 Å². The van der Waals surface area contributed by atoms with Crippen LogP contribution in [-0.2, 0) is 5.75 Å². The molecule has 0 saturated heterocycles. The lowest BCUT2D eigenvalue weighted by Crippen LogP contribution is -2.00. The van der Waals surface area contributed by atoms with E-state index in [9.17, 15) is 14.3 Å². The van der Waals surface area contributed by atoms with Crippen molar-refractivity contribution < 1.29 is 18.3 Å². The van der Waals surface area contributed by atoms with E-state index in [4.69, 9.17) is 20.4 Å². The van der Waals surface area contributed by atoms with E-state index in [1.54, 1.807) is 24.4 Å². The number of thioether (sulfide) groups is 1. The molecule has 5 nitrogen and oxygen atoms in total. The van der Waals surface area contributed by atoms with Gasteiger partial charge >= 0.3 is 5.63 Å². The Hall–Kier alpha value is -2.77. The fourth-order valence-electron chi connectivity index (χ4n) is 2.57. The highest BCUT2D eigenvalue weighted by atomic mass is 35.5. The van der Waals surface area contributed by atoms with E-state index in [0.717, 1.165) is 0 Å². The Bertz CT molecular complexity index is 1190. The Morgan fingerprint density at radius 3 is 2.70 bits per heavy atom. The number of nitrogens with zero attached hydrogens (tertiary/aromatic N) is 1. The van der Waals surface area contributed by atoms with Crippen molar-refractivity contribution in [2.24, 2.45) is 0 Å². The van der Waals surface area contributed by atoms with Crippen LogP contribution in [0.2, 0.25) is 5.02 Å². The zero-order valence-corrected chi connectivity index (χ0v) is 15.2. The van der Waals surface area contributed by atoms with Gasteiger partial charge in [0, 0.05) is 28.8 Å². The molecule has 0 aliphatic rings. The molecule has 136 valence electrons. The third kappa shape index (κ3) is 3.70. The third-order valence-corrected chi connectivity index (χ3v) is 5.06. The van der Waals surface area contributed by atoms with Gasteiger partial charge in [-0.3, -0.25) is 0 Å². The fourth-order valence-corrected chi connectivity index (χ4v) is 3.52. The summed E-state index contributed by atoms with van der Waals surface area (Å²) in [6, 6.07) is 10.1. The molecule has 8 heteroatoms. The predicted octanol–water partition coefficient (Wildman–Crippen LogP) is 5.24. The van der Waals surface area contributed by atoms with Crippen molar-refractivity contribution in [3.63, 3.8) is 0 Å². The monoisotopic (exact) mass is 403 g/mol. The maximum atomic E-state index is 13.0. The number of hydrogen-bond acceptors (Lipinski definition) is 6. The second-order valence-corrected chi connectivity index (χ2v) is 7.01. The molecule has 0 aliphatic carbocycles. The van der Waals surface area contributed by atoms with Crippen LogP contribution in [0.15, 0.2) is 67.5 Å². The Kier molecular flexibility index (Phi) is 4.63. The summed E-state index contributed by atoms with van der Waals surface area (Å²) < 4.78 is 23.8. The largest absolute Gasteiger partial charge is 0.506 e. The first-order valence-corrected chi connectivity index (χ1v) is 9.16. The standard InChI is InChI=1S/C19H11ClFNO4S/c20-14-6-13-11(5-18(24)25-16(13)7-15(14)23)9-27-19-22-8-17(26-19)10-1-3-12(21)4-2-10/h1-8,23H,9H2. The normalized spacial score (nSPS) is 11.2. The minimum Gasteiger partial charge on any atom is -0.506 e. The first kappa shape index (κ1) is 17.6. The lowest BCUT2D eigenvalue weighted by Gasteiger charge is -2.05. The van der Waals surface area contributed by atoms with Crippen molar-refractivity contribution in [2.45, 2.75) is 11.0 Å². The molecule has 4 rings (SSSR count). The van der Waals surface area contributed by atoms with E-state index in [2.05, 4.69) is 4.98 Å². The number of phenols is 1. The Morgan fingerprint density at radius 2 is 1.93 bits per heavy atom. The Balaban J connectivity index is 1.60. The number of benzene rings is 2. The van der Waals surface area contributed by atoms with Crippen LogP contribution < -0.4 is 5.63 Å². The molecule has 0 spiro atoms. The van der Waals surface area contributed by atoms with Gasteiger partial charge in [-0.15, -0.1) is 0 Å². The molecule has 0 amide bonds. The van der Waals surface area contributed by atoms with Crippen molar-refractivity contribution in [3.05, 3.63) is 75.5 Å². The summed E-state index contributed by atoms with van der Waals surface area (Å²) in [5.74, 6) is 0.413. The summed E-state index contributed by atoms with van der Waals surface area (Å²) in [7, 11) is 0. The lowest BCUT2D eigenvalue weighted by molar-refractivity contribution is 0.466. The first-order valence-electron chi connectivity index (χ1n) is 7.79. The molecular weight excluding hydrogens is 393 g/mol. The van der Waals surface area contributed by atoms with Crippen LogP contribution in [0.3, 0.4) is 0 Å². The average Bonchev–Trinajstić information content (AvgIpc) is 3.11. The van der Waals surface area contributed by atoms with Gasteiger partial charge in [0.25, 0.3) is 5.22 Å². The van der Waals surface area contributed by atoms with Gasteiger partial charge in [-0.25, -0.2) is 14.2 Å². The third-order valence-electron chi connectivity index (χ3n) is 3.86. The second kappa shape index (κ2) is 7.09. The zero-order chi connectivity index (χ0) is 19.0. The van der Waals surface area contributed by atoms with Crippen molar-refractivity contribution in [1.82, 2.24) is 4.98 Å². The first-order chi connectivity index (χ1) is 13.0. The van der Waals surface area contributed by atoms with Crippen LogP contribution in [0.1, 0.15) is 5.56 Å². The molecule has 0 aliphatic heterocycles. The molecule has 0 bridgehead atoms. The number of fused-ring (bicyclic) bond motifs is 1. The van der Waals surface area contributed by atoms with E-state index >= 15 is 0 Å². The molecule has 4 aromatic rings. The van der Waals surface area contributed by atoms with E-state index in [0.29, 0.717) is 33.2 Å². The average molecular weight is 404 g/mol. The van der Waals surface area contributed by atoms with Crippen LogP contribution >= 0.6 is 23.4 Å². The Morgan fingerprint density at radius 1 is 1.15 bits per heavy atom. The summed E-state index contributed by atoms with van der Waals surface area (Å²) in [6.07, 6.45) is 1.56. The number of rotatable bonds is 4. The van der Waals surface area contributed by atoms with Gasteiger partial charge in [0.1, 0.15) is 17.1 Å². The van der Waals surface area contributed by atoms with Gasteiger partial charge in [0.15, 0.2) is 5.76 Å². The maximum absolute atomic E-state index is 13.0. The summed E-state index contributed by atoms with van der Waals surface area (Å²) in [5.41, 5.74) is 1.11. The molecule has 0 atom stereocenters. The van der Waals surface area contributed by atoms with Crippen molar-refractivity contribution >= 4 is 34.3 Å². The lowest BCUT2D eigenvalue weighted by atomic mass is 10.1. The number of aromatic nitrogens is 1. The zero-order valence-electron chi connectivity index (χ0n) is 13.6. The topological polar surface area (TPSA) is 76.5 Å². The van der Waals surface area contributed by atoms with Crippen molar-refractivity contribution in [3.8, 4) is 17.1 Å². The van der Waals surface area contributed by atoms with E-state index in [1.807, 2.05) is 0 Å². The van der Waals surface area contributed by atoms with Gasteiger partial charge in [0.05, 0.1) is 11.2 Å². The number of aromatic hydroxyl groups is 1. The molecule has 2 aromatic heterocycles. The molecule has 0 fully saturated rings. The molecule has 0 radical (unpaired) electrons. The van der Waals surface area contributed by atoms with E-state index in [1.165, 1.54) is 36.0 Å². The van der Waals surface area contributed by atoms with Crippen molar-refractivity contribution in [1.29, 1.82) is 0 Å². The quantitative estimate of drug-likeness (QED) is 0.371. The summed E-state index contributed by atoms with van der Waals surface area (Å²) in [4.78, 5) is 16.0. The molecule has 0 unspecified atom stereocenters. The molecule has 1 N–H and O–H groups in total. The molecule has 2 heterocycles. The molecule has 0 saturated carbocycles. The van der Waals surface area contributed by atoms with Gasteiger partial charge in [-0.05, 0) is 35.9 Å². The SMILES string of the molecule is O=c1cc(CSc2ncc(-c3ccc(F)cc3)o2)c2cc(Cl)c(O)cc2o1. The van der Waals surface area contributed by atoms with Gasteiger partial charge in [-0.2, -0.15) is 0 Å². The predicted molar refractivity (Wildman–Crippen MR) is 101 cm³/mol. The minimum atomic E-state index is -0.528. The van der Waals surface area contributed by atoms with Crippen LogP contribution in [-0.4, -0.2) is 10.1 Å². The summed E-state index contributed by atoms with van der Waals surface area (Å²) >= 11 is 7.25. The number of phenolic OH excluding ortho intramolecular Hbond substituents is 1. The maximum Gasteiger partial charge on any atom is 0.336 e. The number of oxazole rings is 1. The number of halogens is 2. The smallest absolute Gasteiger partial charge is 0.336 e. The highest BCUT2D eigenvalue weighted by Crippen LogP contribution is 2.33. The van der Waals surface area contributed by atoms with E-state index in [-0.39, 0.29) is 22.2 Å². The molecule has 27 heavy (non-hydrogen) atoms. The highest BCUT2D eigenvalue weighted by molar-refractivity contribution is 7.98. The Labute approximate surface area is 161 Å². The van der Waals surface area contributed by atoms with Gasteiger partial charge < -0.3 is 13.9 Å².